The number of benzene rings is 2. The van der Waals surface area contributed by atoms with Gasteiger partial charge in [0.15, 0.2) is 0 Å². The second-order valence-electron chi connectivity index (χ2n) is 12.3. The summed E-state index contributed by atoms with van der Waals surface area (Å²) in [5, 5.41) is 0. The van der Waals surface area contributed by atoms with Crippen LogP contribution >= 0.6 is 0 Å². The van der Waals surface area contributed by atoms with Crippen molar-refractivity contribution in [3.8, 4) is 0 Å². The van der Waals surface area contributed by atoms with E-state index < -0.39 is 23.7 Å². The summed E-state index contributed by atoms with van der Waals surface area (Å²) in [6.45, 7) is 0. The molecule has 40 heavy (non-hydrogen) atoms. The number of carbonyl (C=O) groups excluding carboxylic acids is 4. The summed E-state index contributed by atoms with van der Waals surface area (Å²) < 4.78 is 0. The summed E-state index contributed by atoms with van der Waals surface area (Å²) >= 11 is 0. The molecule has 2 aromatic carbocycles. The van der Waals surface area contributed by atoms with Crippen LogP contribution < -0.4 is 9.80 Å². The third kappa shape index (κ3) is 3.10. The summed E-state index contributed by atoms with van der Waals surface area (Å²) in [5.41, 5.74) is 5.54. The van der Waals surface area contributed by atoms with E-state index in [9.17, 15) is 19.2 Å². The zero-order valence-corrected chi connectivity index (χ0v) is 22.4. The van der Waals surface area contributed by atoms with Crippen LogP contribution in [-0.4, -0.2) is 23.6 Å². The second kappa shape index (κ2) is 8.85. The molecule has 4 amide bonds. The van der Waals surface area contributed by atoms with Gasteiger partial charge < -0.3 is 0 Å². The summed E-state index contributed by atoms with van der Waals surface area (Å²) in [4.78, 5) is 59.9. The van der Waals surface area contributed by atoms with Crippen molar-refractivity contribution in [2.75, 3.05) is 9.80 Å². The summed E-state index contributed by atoms with van der Waals surface area (Å²) in [6.07, 6.45) is 7.36. The number of carbonyl (C=O) groups is 4. The molecule has 0 radical (unpaired) electrons. The van der Waals surface area contributed by atoms with Gasteiger partial charge >= 0.3 is 0 Å². The van der Waals surface area contributed by atoms with Gasteiger partial charge in [0.2, 0.25) is 23.6 Å². The lowest BCUT2D eigenvalue weighted by Crippen LogP contribution is -2.44. The van der Waals surface area contributed by atoms with Crippen LogP contribution in [0, 0.1) is 35.5 Å². The van der Waals surface area contributed by atoms with Gasteiger partial charge in [0.1, 0.15) is 0 Å². The number of hydrogen-bond donors (Lipinski definition) is 0. The standard InChI is InChI=1S/C34H32N2O4/c37-31-27-23-17-9-7-15-21(23)26-25(29(27)33(39)35(31)19-11-3-1-4-12-19)22-16-8-10-18-24(22)28-30(26)34(40)36(32(28)38)20-13-5-2-6-14-20/h1-6,11-14,23-24,27-30H,7-10,15-18H2/t23-,24-,27-,28-,29+,30+/m1/s1. The minimum Gasteiger partial charge on any atom is -0.274 e. The van der Waals surface area contributed by atoms with E-state index in [0.717, 1.165) is 62.5 Å². The lowest BCUT2D eigenvalue weighted by Gasteiger charge is -2.48. The third-order valence-electron chi connectivity index (χ3n) is 10.5. The molecule has 2 aliphatic heterocycles. The number of amides is 4. The lowest BCUT2D eigenvalue weighted by atomic mass is 9.53. The maximum Gasteiger partial charge on any atom is 0.242 e. The molecule has 4 fully saturated rings. The first-order valence-corrected chi connectivity index (χ1v) is 14.9. The zero-order chi connectivity index (χ0) is 27.1. The van der Waals surface area contributed by atoms with E-state index in [1.54, 1.807) is 0 Å². The van der Waals surface area contributed by atoms with Crippen LogP contribution in [-0.2, 0) is 19.2 Å². The Morgan fingerprint density at radius 1 is 0.500 bits per heavy atom. The van der Waals surface area contributed by atoms with Gasteiger partial charge in [-0.3, -0.25) is 19.2 Å². The largest absolute Gasteiger partial charge is 0.274 e. The number of imide groups is 2. The van der Waals surface area contributed by atoms with E-state index in [4.69, 9.17) is 0 Å². The molecule has 6 nitrogen and oxygen atoms in total. The molecule has 202 valence electrons. The summed E-state index contributed by atoms with van der Waals surface area (Å²) in [6, 6.07) is 18.5. The van der Waals surface area contributed by atoms with Crippen molar-refractivity contribution in [1.29, 1.82) is 0 Å². The fourth-order valence-corrected chi connectivity index (χ4v) is 9.08. The Morgan fingerprint density at radius 3 is 1.30 bits per heavy atom. The molecule has 0 aromatic heterocycles. The molecule has 8 rings (SSSR count). The van der Waals surface area contributed by atoms with Crippen molar-refractivity contribution in [3.05, 3.63) is 83.0 Å². The maximum absolute atomic E-state index is 14.4. The van der Waals surface area contributed by atoms with Crippen LogP contribution in [0.2, 0.25) is 0 Å². The monoisotopic (exact) mass is 532 g/mol. The highest BCUT2D eigenvalue weighted by atomic mass is 16.2. The van der Waals surface area contributed by atoms with Gasteiger partial charge in [-0.25, -0.2) is 9.80 Å². The van der Waals surface area contributed by atoms with E-state index in [1.165, 1.54) is 20.9 Å². The van der Waals surface area contributed by atoms with E-state index in [2.05, 4.69) is 0 Å². The highest BCUT2D eigenvalue weighted by Gasteiger charge is 2.64. The van der Waals surface area contributed by atoms with Crippen molar-refractivity contribution in [2.24, 2.45) is 35.5 Å². The van der Waals surface area contributed by atoms with Crippen molar-refractivity contribution in [1.82, 2.24) is 0 Å². The lowest BCUT2D eigenvalue weighted by molar-refractivity contribution is -0.124. The quantitative estimate of drug-likeness (QED) is 0.472. The predicted octanol–water partition coefficient (Wildman–Crippen LogP) is 5.60. The number of para-hydroxylation sites is 2. The average molecular weight is 533 g/mol. The summed E-state index contributed by atoms with van der Waals surface area (Å²) in [7, 11) is 0. The van der Waals surface area contributed by atoms with Gasteiger partial charge in [0.25, 0.3) is 0 Å². The van der Waals surface area contributed by atoms with E-state index in [0.29, 0.717) is 11.4 Å². The van der Waals surface area contributed by atoms with Gasteiger partial charge in [-0.15, -0.1) is 0 Å². The van der Waals surface area contributed by atoms with E-state index in [-0.39, 0.29) is 35.5 Å². The molecular weight excluding hydrogens is 500 g/mol. The number of nitrogens with zero attached hydrogens (tertiary/aromatic N) is 2. The smallest absolute Gasteiger partial charge is 0.242 e. The SMILES string of the molecule is O=C1[C@H]2C3=C4CCCC[C@H]4[C@H]4C(=O)N(c5ccccc5)C(=O)[C@H]4C3=C3CCCC[C@H]3[C@H]2C(=O)N1c1ccccc1. The Labute approximate surface area is 233 Å². The number of allylic oxidation sites excluding steroid dienone is 2. The van der Waals surface area contributed by atoms with Crippen LogP contribution in [0.3, 0.4) is 0 Å². The molecule has 0 bridgehead atoms. The van der Waals surface area contributed by atoms with E-state index in [1.807, 2.05) is 60.7 Å². The number of rotatable bonds is 2. The second-order valence-corrected chi connectivity index (χ2v) is 12.3. The fourth-order valence-electron chi connectivity index (χ4n) is 9.08. The Bertz CT molecular complexity index is 1410. The first kappa shape index (κ1) is 24.0. The number of anilines is 2. The normalized spacial score (nSPS) is 33.1. The molecule has 2 aromatic rings. The van der Waals surface area contributed by atoms with Crippen molar-refractivity contribution in [3.63, 3.8) is 0 Å². The van der Waals surface area contributed by atoms with E-state index >= 15 is 0 Å². The predicted molar refractivity (Wildman–Crippen MR) is 150 cm³/mol. The van der Waals surface area contributed by atoms with Crippen molar-refractivity contribution in [2.45, 2.75) is 51.4 Å². The van der Waals surface area contributed by atoms with Crippen LogP contribution in [0.1, 0.15) is 51.4 Å². The molecule has 0 spiro atoms. The molecule has 6 heteroatoms. The molecule has 2 saturated heterocycles. The van der Waals surface area contributed by atoms with Gasteiger partial charge in [-0.05, 0) is 85.8 Å². The van der Waals surface area contributed by atoms with Gasteiger partial charge in [-0.1, -0.05) is 60.4 Å². The van der Waals surface area contributed by atoms with Crippen LogP contribution in [0.5, 0.6) is 0 Å². The third-order valence-corrected chi connectivity index (χ3v) is 10.5. The fraction of sp³-hybridized carbons (Fsp3) is 0.412. The Kier molecular flexibility index (Phi) is 5.32. The average Bonchev–Trinajstić information content (AvgIpc) is 3.42. The number of hydrogen-bond acceptors (Lipinski definition) is 4. The topological polar surface area (TPSA) is 74.8 Å². The van der Waals surface area contributed by atoms with Crippen LogP contribution in [0.25, 0.3) is 0 Å². The van der Waals surface area contributed by atoms with Crippen LogP contribution in [0.4, 0.5) is 11.4 Å². The van der Waals surface area contributed by atoms with Gasteiger partial charge in [-0.2, -0.15) is 0 Å². The summed E-state index contributed by atoms with van der Waals surface area (Å²) in [5.74, 6) is -2.64. The highest BCUT2D eigenvalue weighted by molar-refractivity contribution is 6.26. The minimum absolute atomic E-state index is 0.0577. The molecule has 2 saturated carbocycles. The molecule has 4 aliphatic carbocycles. The molecule has 6 atom stereocenters. The number of fused-ring (bicyclic) bond motifs is 9. The van der Waals surface area contributed by atoms with Crippen LogP contribution in [0.15, 0.2) is 83.0 Å². The van der Waals surface area contributed by atoms with Crippen molar-refractivity contribution >= 4 is 35.0 Å². The first-order valence-electron chi connectivity index (χ1n) is 14.9. The zero-order valence-electron chi connectivity index (χ0n) is 22.4. The minimum atomic E-state index is -0.570. The molecule has 2 heterocycles. The molecular formula is C34H32N2O4. The van der Waals surface area contributed by atoms with Gasteiger partial charge in [0.05, 0.1) is 35.0 Å². The Balaban J connectivity index is 1.35. The van der Waals surface area contributed by atoms with Gasteiger partial charge in [0, 0.05) is 0 Å². The Morgan fingerprint density at radius 2 is 0.900 bits per heavy atom. The highest BCUT2D eigenvalue weighted by Crippen LogP contribution is 2.62. The molecule has 6 aliphatic rings. The molecule has 0 unspecified atom stereocenters. The first-order chi connectivity index (χ1) is 19.6. The van der Waals surface area contributed by atoms with Crippen molar-refractivity contribution < 1.29 is 19.2 Å². The molecule has 0 N–H and O–H groups in total. The Hall–Kier alpha value is -3.80. The maximum atomic E-state index is 14.4.